The van der Waals surface area contributed by atoms with Gasteiger partial charge in [-0.2, -0.15) is 4.73 Å². The Kier molecular flexibility index (Phi) is 7.28. The van der Waals surface area contributed by atoms with Gasteiger partial charge in [0.15, 0.2) is 0 Å². The van der Waals surface area contributed by atoms with Gasteiger partial charge >= 0.3 is 0 Å². The first kappa shape index (κ1) is 22.7. The first-order valence-corrected chi connectivity index (χ1v) is 12.9. The molecule has 0 saturated heterocycles. The molecule has 3 aliphatic rings. The Morgan fingerprint density at radius 1 is 0.903 bits per heavy atom. The molecule has 2 N–H and O–H groups in total. The van der Waals surface area contributed by atoms with E-state index in [1.807, 2.05) is 0 Å². The number of aromatic nitrogens is 1. The summed E-state index contributed by atoms with van der Waals surface area (Å²) >= 11 is 0. The summed E-state index contributed by atoms with van der Waals surface area (Å²) in [6, 6.07) is 0.243. The second kappa shape index (κ2) is 9.95. The summed E-state index contributed by atoms with van der Waals surface area (Å²) in [6.45, 7) is 4.12. The van der Waals surface area contributed by atoms with Crippen LogP contribution in [0.2, 0.25) is 0 Å². The van der Waals surface area contributed by atoms with Crippen molar-refractivity contribution in [2.45, 2.75) is 134 Å². The van der Waals surface area contributed by atoms with Crippen LogP contribution in [0.25, 0.3) is 0 Å². The number of nitrogens with zero attached hydrogens (tertiary/aromatic N) is 1. The summed E-state index contributed by atoms with van der Waals surface area (Å²) in [5, 5.41) is 14.7. The molecule has 1 amide bonds. The van der Waals surface area contributed by atoms with Gasteiger partial charge in [0.25, 0.3) is 5.91 Å². The summed E-state index contributed by atoms with van der Waals surface area (Å²) in [6.07, 6.45) is 13.4. The van der Waals surface area contributed by atoms with E-state index in [9.17, 15) is 14.4 Å². The predicted molar refractivity (Wildman–Crippen MR) is 122 cm³/mol. The first-order valence-electron chi connectivity index (χ1n) is 12.9. The lowest BCUT2D eigenvalue weighted by molar-refractivity contribution is 0.0921. The van der Waals surface area contributed by atoms with E-state index in [2.05, 4.69) is 19.2 Å². The Bertz CT molecular complexity index is 752. The fraction of sp³-hybridized carbons (Fsp3) is 0.808. The lowest BCUT2D eigenvalue weighted by Crippen LogP contribution is -2.37. The maximum Gasteiger partial charge on any atom is 0.253 e. The van der Waals surface area contributed by atoms with Crippen molar-refractivity contribution in [3.63, 3.8) is 0 Å². The number of amides is 1. The Hall–Kier alpha value is -1.52. The maximum absolute atomic E-state index is 13.9. The number of carbonyl (C=O) groups is 1. The third-order valence-electron chi connectivity index (χ3n) is 8.03. The molecule has 0 aromatic carbocycles. The van der Waals surface area contributed by atoms with Gasteiger partial charge in [0.05, 0.1) is 17.0 Å². The largest absolute Gasteiger partial charge is 0.428 e. The van der Waals surface area contributed by atoms with E-state index in [-0.39, 0.29) is 23.8 Å². The zero-order chi connectivity index (χ0) is 22.0. The van der Waals surface area contributed by atoms with E-state index in [0.717, 1.165) is 61.0 Å². The standard InChI is InChI=1S/C26H41FN2O2/c1-17(2)24-23(26(30)28-21-11-7-4-8-12-21)22(18-9-5-3-6-10-18)25(29(24)31)19-13-15-20(27)16-14-19/h17-21,31H,3-16H2,1-2H3,(H,28,30). The van der Waals surface area contributed by atoms with Crippen molar-refractivity contribution >= 4 is 5.91 Å². The minimum atomic E-state index is -0.727. The first-order chi connectivity index (χ1) is 15.0. The lowest BCUT2D eigenvalue weighted by atomic mass is 9.77. The van der Waals surface area contributed by atoms with Crippen molar-refractivity contribution in [2.75, 3.05) is 0 Å². The highest BCUT2D eigenvalue weighted by Gasteiger charge is 2.38. The third-order valence-corrected chi connectivity index (χ3v) is 8.03. The number of halogens is 1. The number of carbonyl (C=O) groups excluding carboxylic acids is 1. The maximum atomic E-state index is 13.9. The Morgan fingerprint density at radius 3 is 2.06 bits per heavy atom. The van der Waals surface area contributed by atoms with E-state index in [4.69, 9.17) is 0 Å². The molecule has 1 heterocycles. The van der Waals surface area contributed by atoms with Crippen LogP contribution in [0.4, 0.5) is 4.39 Å². The quantitative estimate of drug-likeness (QED) is 0.494. The lowest BCUT2D eigenvalue weighted by Gasteiger charge is -2.29. The Labute approximate surface area is 186 Å². The highest BCUT2D eigenvalue weighted by Crippen LogP contribution is 2.46. The van der Waals surface area contributed by atoms with Crippen LogP contribution in [0.5, 0.6) is 0 Å². The molecule has 174 valence electrons. The van der Waals surface area contributed by atoms with E-state index in [1.54, 1.807) is 0 Å². The average molecular weight is 433 g/mol. The van der Waals surface area contributed by atoms with Crippen LogP contribution in [0.3, 0.4) is 0 Å². The molecule has 0 atom stereocenters. The van der Waals surface area contributed by atoms with Gasteiger partial charge < -0.3 is 10.5 Å². The molecule has 0 bridgehead atoms. The molecule has 0 unspecified atom stereocenters. The van der Waals surface area contributed by atoms with Crippen molar-refractivity contribution in [3.8, 4) is 0 Å². The molecule has 3 aliphatic carbocycles. The molecule has 4 rings (SSSR count). The number of alkyl halides is 1. The molecule has 5 heteroatoms. The summed E-state index contributed by atoms with van der Waals surface area (Å²) < 4.78 is 15.3. The molecular formula is C26H41FN2O2. The van der Waals surface area contributed by atoms with Crippen LogP contribution in [0.1, 0.15) is 149 Å². The highest BCUT2D eigenvalue weighted by atomic mass is 19.1. The minimum absolute atomic E-state index is 0.00407. The van der Waals surface area contributed by atoms with Crippen LogP contribution in [0.15, 0.2) is 0 Å². The van der Waals surface area contributed by atoms with E-state index in [1.165, 1.54) is 43.3 Å². The Morgan fingerprint density at radius 2 is 1.48 bits per heavy atom. The number of rotatable bonds is 5. The third kappa shape index (κ3) is 4.80. The highest BCUT2D eigenvalue weighted by molar-refractivity contribution is 5.98. The van der Waals surface area contributed by atoms with Gasteiger partial charge in [0.2, 0.25) is 0 Å². The second-order valence-electron chi connectivity index (χ2n) is 10.6. The zero-order valence-electron chi connectivity index (χ0n) is 19.5. The molecule has 1 aromatic heterocycles. The number of hydrogen-bond donors (Lipinski definition) is 2. The van der Waals surface area contributed by atoms with Crippen molar-refractivity contribution in [1.29, 1.82) is 0 Å². The van der Waals surface area contributed by atoms with Crippen molar-refractivity contribution in [3.05, 3.63) is 22.5 Å². The van der Waals surface area contributed by atoms with E-state index in [0.29, 0.717) is 18.8 Å². The van der Waals surface area contributed by atoms with Crippen LogP contribution in [-0.4, -0.2) is 28.1 Å². The van der Waals surface area contributed by atoms with Gasteiger partial charge in [0.1, 0.15) is 6.17 Å². The monoisotopic (exact) mass is 432 g/mol. The summed E-state index contributed by atoms with van der Waals surface area (Å²) in [5.74, 6) is 0.516. The molecule has 3 fully saturated rings. The zero-order valence-corrected chi connectivity index (χ0v) is 19.5. The summed E-state index contributed by atoms with van der Waals surface area (Å²) in [7, 11) is 0. The minimum Gasteiger partial charge on any atom is -0.428 e. The normalized spacial score (nSPS) is 26.3. The molecule has 1 aromatic rings. The van der Waals surface area contributed by atoms with Gasteiger partial charge in [-0.05, 0) is 68.8 Å². The molecule has 0 aliphatic heterocycles. The predicted octanol–water partition coefficient (Wildman–Crippen LogP) is 6.95. The molecule has 4 nitrogen and oxygen atoms in total. The van der Waals surface area contributed by atoms with Crippen molar-refractivity contribution in [1.82, 2.24) is 10.0 Å². The molecule has 0 radical (unpaired) electrons. The van der Waals surface area contributed by atoms with Gasteiger partial charge in [0, 0.05) is 12.0 Å². The second-order valence-corrected chi connectivity index (χ2v) is 10.6. The van der Waals surface area contributed by atoms with Crippen LogP contribution >= 0.6 is 0 Å². The van der Waals surface area contributed by atoms with E-state index < -0.39 is 6.17 Å². The number of nitrogens with one attached hydrogen (secondary N) is 1. The Balaban J connectivity index is 1.76. The molecule has 31 heavy (non-hydrogen) atoms. The fourth-order valence-corrected chi connectivity index (χ4v) is 6.42. The molecule has 0 spiro atoms. The van der Waals surface area contributed by atoms with Gasteiger partial charge in [-0.1, -0.05) is 52.4 Å². The summed E-state index contributed by atoms with van der Waals surface area (Å²) in [4.78, 5) is 13.7. The topological polar surface area (TPSA) is 54.3 Å². The SMILES string of the molecule is CC(C)c1c(C(=O)NC2CCCCC2)c(C2CCCCC2)c(C2CCC(F)CC2)n1O. The number of hydrogen-bond acceptors (Lipinski definition) is 2. The van der Waals surface area contributed by atoms with Crippen LogP contribution in [-0.2, 0) is 0 Å². The van der Waals surface area contributed by atoms with Gasteiger partial charge in [-0.25, -0.2) is 4.39 Å². The average Bonchev–Trinajstić information content (AvgIpc) is 3.09. The van der Waals surface area contributed by atoms with Crippen LogP contribution in [0, 0.1) is 0 Å². The van der Waals surface area contributed by atoms with Gasteiger partial charge in [-0.3, -0.25) is 4.79 Å². The van der Waals surface area contributed by atoms with Crippen molar-refractivity contribution in [2.24, 2.45) is 0 Å². The molecule has 3 saturated carbocycles. The fourth-order valence-electron chi connectivity index (χ4n) is 6.42. The smallest absolute Gasteiger partial charge is 0.253 e. The van der Waals surface area contributed by atoms with Crippen LogP contribution < -0.4 is 5.32 Å². The van der Waals surface area contributed by atoms with Gasteiger partial charge in [-0.15, -0.1) is 0 Å². The van der Waals surface area contributed by atoms with E-state index >= 15 is 0 Å². The summed E-state index contributed by atoms with van der Waals surface area (Å²) in [5.41, 5.74) is 3.52. The molecular weight excluding hydrogens is 391 g/mol. The van der Waals surface area contributed by atoms with Crippen molar-refractivity contribution < 1.29 is 14.4 Å².